The second-order valence-electron chi connectivity index (χ2n) is 6.49. The van der Waals surface area contributed by atoms with Gasteiger partial charge in [0.25, 0.3) is 0 Å². The van der Waals surface area contributed by atoms with Crippen LogP contribution in [0.1, 0.15) is 51.9 Å². The zero-order chi connectivity index (χ0) is 13.6. The lowest BCUT2D eigenvalue weighted by Crippen LogP contribution is -2.46. The molecule has 1 saturated heterocycles. The molecule has 1 aliphatic heterocycles. The maximum absolute atomic E-state index is 6.38. The Morgan fingerprint density at radius 3 is 2.58 bits per heavy atom. The molecule has 0 spiro atoms. The zero-order valence-electron chi connectivity index (χ0n) is 12.7. The van der Waals surface area contributed by atoms with E-state index in [4.69, 9.17) is 9.47 Å². The monoisotopic (exact) mass is 269 g/mol. The minimum atomic E-state index is 0.0988. The Balaban J connectivity index is 1.80. The Morgan fingerprint density at radius 1 is 1.21 bits per heavy atom. The van der Waals surface area contributed by atoms with Crippen molar-refractivity contribution in [2.24, 2.45) is 11.8 Å². The third-order valence-corrected chi connectivity index (χ3v) is 4.86. The molecule has 0 aromatic carbocycles. The van der Waals surface area contributed by atoms with E-state index < -0.39 is 0 Å². The second kappa shape index (κ2) is 7.61. The molecule has 1 saturated carbocycles. The van der Waals surface area contributed by atoms with Crippen molar-refractivity contribution >= 4 is 0 Å². The summed E-state index contributed by atoms with van der Waals surface area (Å²) in [6, 6.07) is 0. The fourth-order valence-electron chi connectivity index (χ4n) is 3.60. The Kier molecular flexibility index (Phi) is 6.11. The lowest BCUT2D eigenvalue weighted by atomic mass is 9.77. The molecule has 0 bridgehead atoms. The molecule has 1 unspecified atom stereocenters. The van der Waals surface area contributed by atoms with Crippen molar-refractivity contribution in [3.8, 4) is 0 Å². The summed E-state index contributed by atoms with van der Waals surface area (Å²) in [7, 11) is 2.04. The number of ether oxygens (including phenoxy) is 2. The van der Waals surface area contributed by atoms with Gasteiger partial charge in [0.05, 0.1) is 18.8 Å². The van der Waals surface area contributed by atoms with Gasteiger partial charge in [-0.1, -0.05) is 19.8 Å². The summed E-state index contributed by atoms with van der Waals surface area (Å²) in [5.74, 6) is 1.57. The van der Waals surface area contributed by atoms with Gasteiger partial charge in [-0.15, -0.1) is 0 Å². The third-order valence-electron chi connectivity index (χ3n) is 4.86. The fourth-order valence-corrected chi connectivity index (χ4v) is 3.60. The fraction of sp³-hybridized carbons (Fsp3) is 1.00. The van der Waals surface area contributed by atoms with Gasteiger partial charge in [-0.25, -0.2) is 0 Å². The summed E-state index contributed by atoms with van der Waals surface area (Å²) in [5.41, 5.74) is 0.0988. The van der Waals surface area contributed by atoms with E-state index in [1.807, 2.05) is 7.05 Å². The van der Waals surface area contributed by atoms with Gasteiger partial charge in [0.2, 0.25) is 0 Å². The predicted molar refractivity (Wildman–Crippen MR) is 78.4 cm³/mol. The molecule has 19 heavy (non-hydrogen) atoms. The quantitative estimate of drug-likeness (QED) is 0.771. The average molecular weight is 269 g/mol. The van der Waals surface area contributed by atoms with E-state index in [1.54, 1.807) is 0 Å². The first-order valence-electron chi connectivity index (χ1n) is 8.14. The summed E-state index contributed by atoms with van der Waals surface area (Å²) in [4.78, 5) is 0. The highest BCUT2D eigenvalue weighted by molar-refractivity contribution is 4.89. The van der Waals surface area contributed by atoms with Crippen LogP contribution >= 0.6 is 0 Å². The molecule has 0 aromatic rings. The maximum atomic E-state index is 6.38. The second-order valence-corrected chi connectivity index (χ2v) is 6.49. The lowest BCUT2D eigenvalue weighted by Gasteiger charge is -2.40. The maximum Gasteiger partial charge on any atom is 0.0806 e. The van der Waals surface area contributed by atoms with Gasteiger partial charge in [0.1, 0.15) is 0 Å². The van der Waals surface area contributed by atoms with Crippen molar-refractivity contribution in [2.45, 2.75) is 57.5 Å². The first kappa shape index (κ1) is 15.3. The summed E-state index contributed by atoms with van der Waals surface area (Å²) in [6.07, 6.45) is 9.04. The van der Waals surface area contributed by atoms with Crippen LogP contribution in [-0.2, 0) is 9.47 Å². The number of hydrogen-bond donors (Lipinski definition) is 1. The lowest BCUT2D eigenvalue weighted by molar-refractivity contribution is -0.0884. The molecule has 2 fully saturated rings. The summed E-state index contributed by atoms with van der Waals surface area (Å²) in [6.45, 7) is 6.01. The van der Waals surface area contributed by atoms with Gasteiger partial charge in [-0.3, -0.25) is 0 Å². The molecular weight excluding hydrogens is 238 g/mol. The first-order chi connectivity index (χ1) is 9.28. The first-order valence-corrected chi connectivity index (χ1v) is 8.14. The largest absolute Gasteiger partial charge is 0.381 e. The minimum Gasteiger partial charge on any atom is -0.381 e. The van der Waals surface area contributed by atoms with Gasteiger partial charge >= 0.3 is 0 Å². The highest BCUT2D eigenvalue weighted by Crippen LogP contribution is 2.37. The standard InChI is InChI=1S/C16H31NO2/c1-3-4-14-5-8-16(9-6-14,13-17-2)19-12-15-7-10-18-11-15/h14-15,17H,3-13H2,1-2H3. The van der Waals surface area contributed by atoms with Crippen molar-refractivity contribution in [1.29, 1.82) is 0 Å². The van der Waals surface area contributed by atoms with Crippen LogP contribution in [0.25, 0.3) is 0 Å². The molecule has 0 aromatic heterocycles. The molecule has 2 aliphatic rings. The average Bonchev–Trinajstić information content (AvgIpc) is 2.93. The normalized spacial score (nSPS) is 35.7. The number of rotatable bonds is 7. The highest BCUT2D eigenvalue weighted by Gasteiger charge is 2.36. The molecule has 1 N–H and O–H groups in total. The minimum absolute atomic E-state index is 0.0988. The van der Waals surface area contributed by atoms with Gasteiger partial charge in [0, 0.05) is 19.1 Å². The van der Waals surface area contributed by atoms with Crippen molar-refractivity contribution in [3.05, 3.63) is 0 Å². The molecule has 0 amide bonds. The van der Waals surface area contributed by atoms with E-state index in [0.29, 0.717) is 5.92 Å². The number of hydrogen-bond acceptors (Lipinski definition) is 3. The molecule has 1 aliphatic carbocycles. The molecular formula is C16H31NO2. The van der Waals surface area contributed by atoms with E-state index in [2.05, 4.69) is 12.2 Å². The van der Waals surface area contributed by atoms with Crippen LogP contribution in [0.3, 0.4) is 0 Å². The van der Waals surface area contributed by atoms with Gasteiger partial charge in [-0.2, -0.15) is 0 Å². The molecule has 1 atom stereocenters. The van der Waals surface area contributed by atoms with E-state index in [9.17, 15) is 0 Å². The molecule has 112 valence electrons. The summed E-state index contributed by atoms with van der Waals surface area (Å²) >= 11 is 0. The van der Waals surface area contributed by atoms with Crippen LogP contribution in [-0.4, -0.2) is 39.0 Å². The highest BCUT2D eigenvalue weighted by atomic mass is 16.5. The molecule has 3 nitrogen and oxygen atoms in total. The zero-order valence-corrected chi connectivity index (χ0v) is 12.7. The van der Waals surface area contributed by atoms with Gasteiger partial charge in [-0.05, 0) is 45.1 Å². The number of nitrogens with one attached hydrogen (secondary N) is 1. The van der Waals surface area contributed by atoms with Crippen molar-refractivity contribution < 1.29 is 9.47 Å². The van der Waals surface area contributed by atoms with Gasteiger partial charge in [0.15, 0.2) is 0 Å². The van der Waals surface area contributed by atoms with Crippen LogP contribution in [0.5, 0.6) is 0 Å². The van der Waals surface area contributed by atoms with Crippen LogP contribution in [0.15, 0.2) is 0 Å². The Morgan fingerprint density at radius 2 is 2.00 bits per heavy atom. The van der Waals surface area contributed by atoms with E-state index in [1.165, 1.54) is 44.9 Å². The van der Waals surface area contributed by atoms with E-state index in [0.717, 1.165) is 32.3 Å². The SMILES string of the molecule is CCCC1CCC(CNC)(OCC2CCOC2)CC1. The van der Waals surface area contributed by atoms with Crippen LogP contribution in [0.4, 0.5) is 0 Å². The molecule has 2 rings (SSSR count). The van der Waals surface area contributed by atoms with Crippen molar-refractivity contribution in [3.63, 3.8) is 0 Å². The van der Waals surface area contributed by atoms with Crippen LogP contribution in [0, 0.1) is 11.8 Å². The number of likely N-dealkylation sites (N-methyl/N-ethyl adjacent to an activating group) is 1. The topological polar surface area (TPSA) is 30.5 Å². The van der Waals surface area contributed by atoms with Crippen LogP contribution in [0.2, 0.25) is 0 Å². The molecule has 1 heterocycles. The summed E-state index contributed by atoms with van der Waals surface area (Å²) in [5, 5.41) is 3.34. The van der Waals surface area contributed by atoms with Crippen molar-refractivity contribution in [2.75, 3.05) is 33.4 Å². The Bertz CT molecular complexity index is 243. The smallest absolute Gasteiger partial charge is 0.0806 e. The molecule has 3 heteroatoms. The van der Waals surface area contributed by atoms with Gasteiger partial charge < -0.3 is 14.8 Å². The van der Waals surface area contributed by atoms with E-state index >= 15 is 0 Å². The third kappa shape index (κ3) is 4.44. The van der Waals surface area contributed by atoms with E-state index in [-0.39, 0.29) is 5.60 Å². The van der Waals surface area contributed by atoms with Crippen molar-refractivity contribution in [1.82, 2.24) is 5.32 Å². The predicted octanol–water partition coefficient (Wildman–Crippen LogP) is 2.99. The van der Waals surface area contributed by atoms with Crippen LogP contribution < -0.4 is 5.32 Å². The molecule has 0 radical (unpaired) electrons. The summed E-state index contributed by atoms with van der Waals surface area (Å²) < 4.78 is 11.8. The Hall–Kier alpha value is -0.120. The Labute approximate surface area is 118 Å².